The van der Waals surface area contributed by atoms with Crippen LogP contribution in [0, 0.1) is 0 Å². The van der Waals surface area contributed by atoms with Crippen LogP contribution in [0.3, 0.4) is 0 Å². The molecular formula is C18H15ClF3N5. The van der Waals surface area contributed by atoms with Crippen molar-refractivity contribution in [1.82, 2.24) is 15.0 Å². The quantitative estimate of drug-likeness (QED) is 0.608. The first-order valence-corrected chi connectivity index (χ1v) is 8.41. The summed E-state index contributed by atoms with van der Waals surface area (Å²) in [6, 6.07) is 8.40. The number of halogens is 4. The molecule has 0 fully saturated rings. The maximum atomic E-state index is 12.8. The molecule has 3 aromatic rings. The number of hydrogen-bond donors (Lipinski definition) is 2. The summed E-state index contributed by atoms with van der Waals surface area (Å²) in [6.45, 7) is 2.51. The maximum Gasteiger partial charge on any atom is 0.416 e. The van der Waals surface area contributed by atoms with Gasteiger partial charge < -0.3 is 10.6 Å². The fraction of sp³-hybridized carbons (Fsp3) is 0.167. The fourth-order valence-corrected chi connectivity index (χ4v) is 2.57. The van der Waals surface area contributed by atoms with Gasteiger partial charge in [0.25, 0.3) is 0 Å². The molecule has 0 saturated carbocycles. The van der Waals surface area contributed by atoms with Crippen molar-refractivity contribution in [3.05, 3.63) is 59.4 Å². The summed E-state index contributed by atoms with van der Waals surface area (Å²) in [5.74, 6) is 0.769. The van der Waals surface area contributed by atoms with Crippen LogP contribution in [0.15, 0.2) is 48.8 Å². The number of rotatable bonds is 5. The molecule has 0 amide bonds. The smallest absolute Gasteiger partial charge is 0.354 e. The number of hydrogen-bond acceptors (Lipinski definition) is 5. The van der Waals surface area contributed by atoms with E-state index < -0.39 is 11.7 Å². The van der Waals surface area contributed by atoms with Crippen LogP contribution in [-0.2, 0) is 6.18 Å². The third kappa shape index (κ3) is 4.65. The Kier molecular flexibility index (Phi) is 5.46. The topological polar surface area (TPSA) is 62.7 Å². The molecule has 0 unspecified atom stereocenters. The largest absolute Gasteiger partial charge is 0.416 e. The van der Waals surface area contributed by atoms with Crippen LogP contribution in [0.25, 0.3) is 11.3 Å². The van der Waals surface area contributed by atoms with E-state index in [2.05, 4.69) is 25.6 Å². The van der Waals surface area contributed by atoms with E-state index in [4.69, 9.17) is 11.6 Å². The van der Waals surface area contributed by atoms with Gasteiger partial charge in [0.2, 0.25) is 5.95 Å². The second-order valence-electron chi connectivity index (χ2n) is 5.55. The Balaban J connectivity index is 1.96. The molecule has 0 radical (unpaired) electrons. The zero-order valence-corrected chi connectivity index (χ0v) is 14.9. The first-order chi connectivity index (χ1) is 12.9. The summed E-state index contributed by atoms with van der Waals surface area (Å²) in [5, 5.41) is 5.91. The summed E-state index contributed by atoms with van der Waals surface area (Å²) in [7, 11) is 0. The van der Waals surface area contributed by atoms with E-state index in [0.29, 0.717) is 29.7 Å². The van der Waals surface area contributed by atoms with Crippen molar-refractivity contribution in [3.63, 3.8) is 0 Å². The Morgan fingerprint density at radius 1 is 1.11 bits per heavy atom. The van der Waals surface area contributed by atoms with Crippen LogP contribution < -0.4 is 10.6 Å². The number of alkyl halides is 3. The van der Waals surface area contributed by atoms with Gasteiger partial charge in [-0.3, -0.25) is 4.98 Å². The number of pyridine rings is 1. The summed E-state index contributed by atoms with van der Waals surface area (Å²) in [5.41, 5.74) is 0.883. The molecule has 0 aliphatic heterocycles. The van der Waals surface area contributed by atoms with Crippen LogP contribution in [0.1, 0.15) is 12.5 Å². The summed E-state index contributed by atoms with van der Waals surface area (Å²) >= 11 is 6.01. The summed E-state index contributed by atoms with van der Waals surface area (Å²) in [6.07, 6.45) is -1.15. The van der Waals surface area contributed by atoms with Crippen molar-refractivity contribution >= 4 is 29.1 Å². The first-order valence-electron chi connectivity index (χ1n) is 8.04. The number of nitrogens with one attached hydrogen (secondary N) is 2. The van der Waals surface area contributed by atoms with Gasteiger partial charge >= 0.3 is 6.18 Å². The highest BCUT2D eigenvalue weighted by molar-refractivity contribution is 6.33. The third-order valence-electron chi connectivity index (χ3n) is 3.58. The van der Waals surface area contributed by atoms with E-state index >= 15 is 0 Å². The lowest BCUT2D eigenvalue weighted by Crippen LogP contribution is -2.07. The van der Waals surface area contributed by atoms with Crippen molar-refractivity contribution < 1.29 is 13.2 Å². The Hall–Kier alpha value is -2.87. The zero-order chi connectivity index (χ0) is 19.4. The van der Waals surface area contributed by atoms with Gasteiger partial charge in [0.05, 0.1) is 22.0 Å². The minimum Gasteiger partial charge on any atom is -0.354 e. The van der Waals surface area contributed by atoms with E-state index in [-0.39, 0.29) is 5.02 Å². The van der Waals surface area contributed by atoms with Crippen molar-refractivity contribution in [2.24, 2.45) is 0 Å². The van der Waals surface area contributed by atoms with E-state index in [1.807, 2.05) is 13.0 Å². The Morgan fingerprint density at radius 2 is 1.93 bits per heavy atom. The Bertz CT molecular complexity index is 932. The third-order valence-corrected chi connectivity index (χ3v) is 3.89. The lowest BCUT2D eigenvalue weighted by Gasteiger charge is -2.13. The van der Waals surface area contributed by atoms with Gasteiger partial charge in [-0.2, -0.15) is 18.2 Å². The maximum absolute atomic E-state index is 12.8. The molecular weight excluding hydrogens is 379 g/mol. The van der Waals surface area contributed by atoms with Gasteiger partial charge in [0.1, 0.15) is 5.82 Å². The van der Waals surface area contributed by atoms with Gasteiger partial charge in [-0.25, -0.2) is 4.98 Å². The van der Waals surface area contributed by atoms with Crippen LogP contribution in [0.2, 0.25) is 5.02 Å². The minimum atomic E-state index is -4.46. The highest BCUT2D eigenvalue weighted by atomic mass is 35.5. The zero-order valence-electron chi connectivity index (χ0n) is 14.2. The molecule has 1 aromatic carbocycles. The highest BCUT2D eigenvalue weighted by Crippen LogP contribution is 2.35. The molecule has 0 aliphatic rings. The Labute approximate surface area is 158 Å². The van der Waals surface area contributed by atoms with Crippen molar-refractivity contribution in [2.75, 3.05) is 17.2 Å². The van der Waals surface area contributed by atoms with E-state index in [9.17, 15) is 13.2 Å². The molecule has 0 spiro atoms. The van der Waals surface area contributed by atoms with Crippen LogP contribution in [-0.4, -0.2) is 21.5 Å². The van der Waals surface area contributed by atoms with Crippen LogP contribution >= 0.6 is 11.6 Å². The number of benzene rings is 1. The summed E-state index contributed by atoms with van der Waals surface area (Å²) < 4.78 is 38.4. The van der Waals surface area contributed by atoms with Gasteiger partial charge in [-0.15, -0.1) is 0 Å². The molecule has 2 N–H and O–H groups in total. The lowest BCUT2D eigenvalue weighted by atomic mass is 10.2. The first kappa shape index (κ1) is 18.9. The average molecular weight is 394 g/mol. The number of anilines is 3. The molecule has 2 heterocycles. The Morgan fingerprint density at radius 3 is 2.56 bits per heavy atom. The molecule has 0 atom stereocenters. The lowest BCUT2D eigenvalue weighted by molar-refractivity contribution is -0.137. The van der Waals surface area contributed by atoms with E-state index in [1.165, 1.54) is 6.07 Å². The molecule has 2 aromatic heterocycles. The van der Waals surface area contributed by atoms with E-state index in [1.54, 1.807) is 24.5 Å². The van der Waals surface area contributed by atoms with Crippen molar-refractivity contribution in [1.29, 1.82) is 0 Å². The normalized spacial score (nSPS) is 11.3. The number of nitrogens with zero attached hydrogens (tertiary/aromatic N) is 3. The van der Waals surface area contributed by atoms with Gasteiger partial charge in [-0.05, 0) is 37.3 Å². The predicted octanol–water partition coefficient (Wildman–Crippen LogP) is 5.39. The summed E-state index contributed by atoms with van der Waals surface area (Å²) in [4.78, 5) is 12.8. The van der Waals surface area contributed by atoms with Gasteiger partial charge in [0.15, 0.2) is 0 Å². The molecule has 5 nitrogen and oxygen atoms in total. The average Bonchev–Trinajstić information content (AvgIpc) is 2.63. The van der Waals surface area contributed by atoms with Crippen molar-refractivity contribution in [2.45, 2.75) is 13.1 Å². The monoisotopic (exact) mass is 393 g/mol. The van der Waals surface area contributed by atoms with Gasteiger partial charge in [-0.1, -0.05) is 11.6 Å². The standard InChI is InChI=1S/C18H15ClF3N5/c1-2-24-17-26-15(11-4-3-7-23-10-11)9-16(27-17)25-14-6-5-12(8-13(14)19)18(20,21)22/h3-10H,2H2,1H3,(H2,24,25,26,27). The molecule has 3 rings (SSSR count). The van der Waals surface area contributed by atoms with Crippen molar-refractivity contribution in [3.8, 4) is 11.3 Å². The predicted molar refractivity (Wildman–Crippen MR) is 99.2 cm³/mol. The molecule has 140 valence electrons. The SMILES string of the molecule is CCNc1nc(Nc2ccc(C(F)(F)F)cc2Cl)cc(-c2cccnc2)n1. The second-order valence-corrected chi connectivity index (χ2v) is 5.96. The molecule has 9 heteroatoms. The van der Waals surface area contributed by atoms with Crippen LogP contribution in [0.5, 0.6) is 0 Å². The van der Waals surface area contributed by atoms with Gasteiger partial charge in [0, 0.05) is 30.6 Å². The number of aromatic nitrogens is 3. The molecule has 27 heavy (non-hydrogen) atoms. The fourth-order valence-electron chi connectivity index (χ4n) is 2.34. The minimum absolute atomic E-state index is 0.0589. The molecule has 0 bridgehead atoms. The molecule has 0 saturated heterocycles. The highest BCUT2D eigenvalue weighted by Gasteiger charge is 2.30. The second kappa shape index (κ2) is 7.79. The van der Waals surface area contributed by atoms with E-state index in [0.717, 1.165) is 17.7 Å². The molecule has 0 aliphatic carbocycles. The van der Waals surface area contributed by atoms with Crippen LogP contribution in [0.4, 0.5) is 30.6 Å².